The number of nitro benzene ring substituents is 1. The number of ether oxygens (including phenoxy) is 1. The van der Waals surface area contributed by atoms with Crippen molar-refractivity contribution in [1.82, 2.24) is 4.31 Å². The molecule has 1 unspecified atom stereocenters. The summed E-state index contributed by atoms with van der Waals surface area (Å²) in [4.78, 5) is 23.3. The molecule has 2 aromatic carbocycles. The van der Waals surface area contributed by atoms with Crippen molar-refractivity contribution < 1.29 is 22.9 Å². The molecule has 148 valence electrons. The van der Waals surface area contributed by atoms with Crippen LogP contribution in [-0.2, 0) is 14.8 Å². The van der Waals surface area contributed by atoms with E-state index in [-0.39, 0.29) is 28.6 Å². The van der Waals surface area contributed by atoms with Crippen molar-refractivity contribution in [1.29, 1.82) is 0 Å². The average Bonchev–Trinajstić information content (AvgIpc) is 3.19. The molecule has 1 N–H and O–H groups in total. The SMILES string of the molecule is COc1ccc([N+](=O)[O-])cc1NC(=O)C1CCCN1S(=O)(=O)c1ccccc1. The summed E-state index contributed by atoms with van der Waals surface area (Å²) >= 11 is 0. The first kappa shape index (κ1) is 19.8. The van der Waals surface area contributed by atoms with Crippen molar-refractivity contribution in [2.45, 2.75) is 23.8 Å². The lowest BCUT2D eigenvalue weighted by atomic mass is 10.2. The van der Waals surface area contributed by atoms with Gasteiger partial charge in [-0.15, -0.1) is 0 Å². The van der Waals surface area contributed by atoms with E-state index in [2.05, 4.69) is 5.32 Å². The second-order valence-electron chi connectivity index (χ2n) is 6.22. The highest BCUT2D eigenvalue weighted by Gasteiger charge is 2.39. The Bertz CT molecular complexity index is 994. The number of nitrogens with one attached hydrogen (secondary N) is 1. The number of carbonyl (C=O) groups is 1. The molecule has 1 saturated heterocycles. The second kappa shape index (κ2) is 7.95. The van der Waals surface area contributed by atoms with E-state index in [0.717, 1.165) is 0 Å². The van der Waals surface area contributed by atoms with Gasteiger partial charge >= 0.3 is 0 Å². The number of hydrogen-bond donors (Lipinski definition) is 1. The summed E-state index contributed by atoms with van der Waals surface area (Å²) < 4.78 is 32.1. The van der Waals surface area contributed by atoms with Gasteiger partial charge in [-0.2, -0.15) is 4.31 Å². The highest BCUT2D eigenvalue weighted by atomic mass is 32.2. The molecule has 1 aliphatic heterocycles. The molecule has 1 atom stereocenters. The quantitative estimate of drug-likeness (QED) is 0.582. The maximum atomic E-state index is 12.9. The predicted molar refractivity (Wildman–Crippen MR) is 102 cm³/mol. The van der Waals surface area contributed by atoms with Gasteiger partial charge in [-0.1, -0.05) is 18.2 Å². The third-order valence-electron chi connectivity index (χ3n) is 4.51. The van der Waals surface area contributed by atoms with E-state index < -0.39 is 26.9 Å². The van der Waals surface area contributed by atoms with Crippen LogP contribution in [0.15, 0.2) is 53.4 Å². The Labute approximate surface area is 162 Å². The lowest BCUT2D eigenvalue weighted by Gasteiger charge is -2.23. The molecular weight excluding hydrogens is 386 g/mol. The van der Waals surface area contributed by atoms with Crippen LogP contribution in [0.1, 0.15) is 12.8 Å². The van der Waals surface area contributed by atoms with Gasteiger partial charge in [0.1, 0.15) is 11.8 Å². The number of anilines is 1. The average molecular weight is 405 g/mol. The van der Waals surface area contributed by atoms with Crippen molar-refractivity contribution >= 4 is 27.3 Å². The van der Waals surface area contributed by atoms with E-state index >= 15 is 0 Å². The van der Waals surface area contributed by atoms with E-state index in [1.54, 1.807) is 18.2 Å². The van der Waals surface area contributed by atoms with Crippen LogP contribution in [0.4, 0.5) is 11.4 Å². The number of hydrogen-bond acceptors (Lipinski definition) is 6. The smallest absolute Gasteiger partial charge is 0.271 e. The zero-order valence-electron chi connectivity index (χ0n) is 15.1. The largest absolute Gasteiger partial charge is 0.495 e. The number of benzene rings is 2. The van der Waals surface area contributed by atoms with Gasteiger partial charge in [0.25, 0.3) is 5.69 Å². The maximum Gasteiger partial charge on any atom is 0.271 e. The number of non-ortho nitro benzene ring substituents is 1. The van der Waals surface area contributed by atoms with Crippen LogP contribution >= 0.6 is 0 Å². The van der Waals surface area contributed by atoms with Crippen LogP contribution in [0.2, 0.25) is 0 Å². The Morgan fingerprint density at radius 1 is 1.25 bits per heavy atom. The first-order chi connectivity index (χ1) is 13.3. The lowest BCUT2D eigenvalue weighted by Crippen LogP contribution is -2.43. The van der Waals surface area contributed by atoms with E-state index in [9.17, 15) is 23.3 Å². The van der Waals surface area contributed by atoms with Gasteiger partial charge in [0, 0.05) is 18.7 Å². The molecule has 2 aromatic rings. The summed E-state index contributed by atoms with van der Waals surface area (Å²) in [7, 11) is -2.46. The lowest BCUT2D eigenvalue weighted by molar-refractivity contribution is -0.384. The first-order valence-corrected chi connectivity index (χ1v) is 9.99. The third kappa shape index (κ3) is 3.82. The van der Waals surface area contributed by atoms with Crippen molar-refractivity contribution in [3.05, 3.63) is 58.6 Å². The molecule has 0 saturated carbocycles. The van der Waals surface area contributed by atoms with Gasteiger partial charge in [0.05, 0.1) is 22.6 Å². The van der Waals surface area contributed by atoms with E-state index in [4.69, 9.17) is 4.74 Å². The Balaban J connectivity index is 1.86. The topological polar surface area (TPSA) is 119 Å². The van der Waals surface area contributed by atoms with Crippen LogP contribution in [0.5, 0.6) is 5.75 Å². The molecule has 10 heteroatoms. The number of nitro groups is 1. The Kier molecular flexibility index (Phi) is 5.61. The Hall–Kier alpha value is -2.98. The summed E-state index contributed by atoms with van der Waals surface area (Å²) in [6.45, 7) is 0.224. The van der Waals surface area contributed by atoms with Gasteiger partial charge in [-0.3, -0.25) is 14.9 Å². The molecular formula is C18H19N3O6S. The predicted octanol–water partition coefficient (Wildman–Crippen LogP) is 2.40. The maximum absolute atomic E-state index is 12.9. The minimum absolute atomic E-state index is 0.114. The standard InChI is InChI=1S/C18H19N3O6S/c1-27-17-10-9-13(21(23)24)12-15(17)19-18(22)16-8-5-11-20(16)28(25,26)14-6-3-2-4-7-14/h2-4,6-7,9-10,12,16H,5,8,11H2,1H3,(H,19,22). The van der Waals surface area contributed by atoms with E-state index in [1.807, 2.05) is 0 Å². The van der Waals surface area contributed by atoms with Gasteiger partial charge < -0.3 is 10.1 Å². The second-order valence-corrected chi connectivity index (χ2v) is 8.11. The van der Waals surface area contributed by atoms with Crippen molar-refractivity contribution in [2.75, 3.05) is 19.0 Å². The summed E-state index contributed by atoms with van der Waals surface area (Å²) in [6, 6.07) is 10.8. The highest BCUT2D eigenvalue weighted by Crippen LogP contribution is 2.31. The summed E-state index contributed by atoms with van der Waals surface area (Å²) in [5.41, 5.74) is -0.0954. The molecule has 1 fully saturated rings. The van der Waals surface area contributed by atoms with Crippen LogP contribution < -0.4 is 10.1 Å². The molecule has 9 nitrogen and oxygen atoms in total. The van der Waals surface area contributed by atoms with Crippen molar-refractivity contribution in [3.63, 3.8) is 0 Å². The monoisotopic (exact) mass is 405 g/mol. The summed E-state index contributed by atoms with van der Waals surface area (Å²) in [5.74, 6) is -0.315. The van der Waals surface area contributed by atoms with Crippen LogP contribution in [0.3, 0.4) is 0 Å². The fourth-order valence-corrected chi connectivity index (χ4v) is 4.82. The van der Waals surface area contributed by atoms with Gasteiger partial charge in [-0.25, -0.2) is 8.42 Å². The van der Waals surface area contributed by atoms with Gasteiger partial charge in [0.2, 0.25) is 15.9 Å². The molecule has 0 aromatic heterocycles. The molecule has 0 spiro atoms. The fourth-order valence-electron chi connectivity index (χ4n) is 3.14. The number of nitrogens with zero attached hydrogens (tertiary/aromatic N) is 2. The minimum atomic E-state index is -3.83. The zero-order valence-corrected chi connectivity index (χ0v) is 15.9. The molecule has 3 rings (SSSR count). The van der Waals surface area contributed by atoms with Crippen LogP contribution in [0, 0.1) is 10.1 Å². The number of sulfonamides is 1. The van der Waals surface area contributed by atoms with Crippen LogP contribution in [-0.4, -0.2) is 43.2 Å². The molecule has 0 bridgehead atoms. The molecule has 0 aliphatic carbocycles. The van der Waals surface area contributed by atoms with Crippen molar-refractivity contribution in [3.8, 4) is 5.75 Å². The fraction of sp³-hybridized carbons (Fsp3) is 0.278. The number of rotatable bonds is 6. The molecule has 1 heterocycles. The normalized spacial score (nSPS) is 17.2. The minimum Gasteiger partial charge on any atom is -0.495 e. The Morgan fingerprint density at radius 2 is 1.96 bits per heavy atom. The van der Waals surface area contributed by atoms with Gasteiger partial charge in [0.15, 0.2) is 0 Å². The Morgan fingerprint density at radius 3 is 2.61 bits per heavy atom. The highest BCUT2D eigenvalue weighted by molar-refractivity contribution is 7.89. The number of amides is 1. The summed E-state index contributed by atoms with van der Waals surface area (Å²) in [5, 5.41) is 13.6. The summed E-state index contributed by atoms with van der Waals surface area (Å²) in [6.07, 6.45) is 0.894. The first-order valence-electron chi connectivity index (χ1n) is 8.55. The molecule has 28 heavy (non-hydrogen) atoms. The molecule has 1 aliphatic rings. The van der Waals surface area contributed by atoms with E-state index in [0.29, 0.717) is 12.8 Å². The van der Waals surface area contributed by atoms with Crippen LogP contribution in [0.25, 0.3) is 0 Å². The van der Waals surface area contributed by atoms with Crippen molar-refractivity contribution in [2.24, 2.45) is 0 Å². The zero-order chi connectivity index (χ0) is 20.3. The van der Waals surface area contributed by atoms with E-state index in [1.165, 1.54) is 41.7 Å². The molecule has 0 radical (unpaired) electrons. The number of carbonyl (C=O) groups excluding carboxylic acids is 1. The third-order valence-corrected chi connectivity index (χ3v) is 6.43. The van der Waals surface area contributed by atoms with Gasteiger partial charge in [-0.05, 0) is 31.0 Å². The number of methoxy groups -OCH3 is 1. The molecule has 1 amide bonds.